The first-order valence-corrected chi connectivity index (χ1v) is 16.5. The van der Waals surface area contributed by atoms with Crippen LogP contribution in [-0.4, -0.2) is 64.3 Å². The third-order valence-electron chi connectivity index (χ3n) is 8.75. The van der Waals surface area contributed by atoms with Gasteiger partial charge in [-0.05, 0) is 87.9 Å². The van der Waals surface area contributed by atoms with E-state index in [0.717, 1.165) is 22.1 Å². The second kappa shape index (κ2) is 12.0. The Kier molecular flexibility index (Phi) is 8.78. The summed E-state index contributed by atoms with van der Waals surface area (Å²) in [5.41, 5.74) is 2.70. The Bertz CT molecular complexity index is 1660. The Balaban J connectivity index is 1.59. The van der Waals surface area contributed by atoms with Gasteiger partial charge in [0.05, 0.1) is 31.0 Å². The molecule has 0 bridgehead atoms. The molecule has 244 valence electrons. The van der Waals surface area contributed by atoms with E-state index >= 15 is 0 Å². The molecule has 1 N–H and O–H groups in total. The Morgan fingerprint density at radius 3 is 2.44 bits per heavy atom. The maximum absolute atomic E-state index is 14.3. The van der Waals surface area contributed by atoms with Crippen LogP contribution in [0.1, 0.15) is 79.5 Å². The highest BCUT2D eigenvalue weighted by Gasteiger charge is 2.58. The molecular weight excluding hydrogens is 604 g/mol. The van der Waals surface area contributed by atoms with Gasteiger partial charge in [-0.2, -0.15) is 0 Å². The number of hydrogen-bond donors (Lipinski definition) is 1. The third-order valence-corrected chi connectivity index (χ3v) is 9.26. The standard InChI is InChI=1S/C33H41F2N3O6S/c1-20-14-27(42-5)24(22-10-12-38(28(20)22)30(40)44-31(2,3)4)17-37-13-11-32(18-33(34,35)19-32)16-26(37)23-9-8-21(29(39)43-6)15-25(23)36-45(7)41/h8-10,12,14-15,26,36H,11,13,16-19H2,1-7H3. The number of nitrogens with zero attached hydrogens (tertiary/aromatic N) is 2. The Morgan fingerprint density at radius 2 is 1.84 bits per heavy atom. The van der Waals surface area contributed by atoms with E-state index in [4.69, 9.17) is 14.2 Å². The van der Waals surface area contributed by atoms with Crippen LogP contribution < -0.4 is 9.46 Å². The number of piperidine rings is 1. The van der Waals surface area contributed by atoms with Crippen molar-refractivity contribution in [3.8, 4) is 5.75 Å². The van der Waals surface area contributed by atoms with Gasteiger partial charge in [-0.1, -0.05) is 6.07 Å². The summed E-state index contributed by atoms with van der Waals surface area (Å²) < 4.78 is 61.8. The number of nitrogens with one attached hydrogen (secondary N) is 1. The van der Waals surface area contributed by atoms with Crippen LogP contribution in [0.15, 0.2) is 36.5 Å². The number of methoxy groups -OCH3 is 2. The summed E-state index contributed by atoms with van der Waals surface area (Å²) in [7, 11) is 1.42. The van der Waals surface area contributed by atoms with Gasteiger partial charge in [0, 0.05) is 48.8 Å². The van der Waals surface area contributed by atoms with Crippen molar-refractivity contribution in [1.29, 1.82) is 0 Å². The van der Waals surface area contributed by atoms with Crippen LogP contribution in [0.3, 0.4) is 0 Å². The molecule has 2 unspecified atom stereocenters. The molecule has 1 saturated heterocycles. The molecule has 1 saturated carbocycles. The molecule has 2 aromatic carbocycles. The van der Waals surface area contributed by atoms with Crippen LogP contribution in [0, 0.1) is 12.3 Å². The number of likely N-dealkylation sites (tertiary alicyclic amines) is 1. The average Bonchev–Trinajstić information content (AvgIpc) is 3.39. The van der Waals surface area contributed by atoms with E-state index < -0.39 is 40.0 Å². The molecular formula is C33H41F2N3O6S. The summed E-state index contributed by atoms with van der Waals surface area (Å²) >= 11 is 0. The van der Waals surface area contributed by atoms with E-state index in [1.54, 1.807) is 31.5 Å². The molecule has 1 spiro atoms. The summed E-state index contributed by atoms with van der Waals surface area (Å²) in [6.07, 6.45) is 3.39. The van der Waals surface area contributed by atoms with E-state index in [2.05, 4.69) is 9.62 Å². The normalized spacial score (nSPS) is 20.0. The highest BCUT2D eigenvalue weighted by Crippen LogP contribution is 2.61. The summed E-state index contributed by atoms with van der Waals surface area (Å²) in [5.74, 6) is -2.58. The molecule has 3 aromatic rings. The summed E-state index contributed by atoms with van der Waals surface area (Å²) in [4.78, 5) is 27.7. The summed E-state index contributed by atoms with van der Waals surface area (Å²) in [6.45, 7) is 8.27. The molecule has 2 fully saturated rings. The molecule has 0 radical (unpaired) electrons. The number of aryl methyl sites for hydroxylation is 1. The Labute approximate surface area is 264 Å². The summed E-state index contributed by atoms with van der Waals surface area (Å²) in [6, 6.07) is 8.45. The molecule has 45 heavy (non-hydrogen) atoms. The van der Waals surface area contributed by atoms with Gasteiger partial charge < -0.3 is 18.9 Å². The molecule has 2 atom stereocenters. The van der Waals surface area contributed by atoms with Gasteiger partial charge in [0.15, 0.2) is 0 Å². The first-order chi connectivity index (χ1) is 21.0. The minimum absolute atomic E-state index is 0.177. The van der Waals surface area contributed by atoms with Crippen LogP contribution in [0.5, 0.6) is 5.75 Å². The lowest BCUT2D eigenvalue weighted by atomic mass is 9.59. The monoisotopic (exact) mass is 645 g/mol. The average molecular weight is 646 g/mol. The van der Waals surface area contributed by atoms with E-state index in [1.807, 2.05) is 39.8 Å². The maximum Gasteiger partial charge on any atom is 0.419 e. The molecule has 0 amide bonds. The zero-order valence-electron chi connectivity index (χ0n) is 26.8. The Hall–Kier alpha value is -3.51. The minimum atomic E-state index is -2.69. The smallest absolute Gasteiger partial charge is 0.419 e. The van der Waals surface area contributed by atoms with Crippen molar-refractivity contribution in [1.82, 2.24) is 9.47 Å². The number of benzene rings is 2. The van der Waals surface area contributed by atoms with E-state index in [9.17, 15) is 22.6 Å². The zero-order chi connectivity index (χ0) is 32.9. The number of esters is 1. The fraction of sp³-hybridized carbons (Fsp3) is 0.515. The highest BCUT2D eigenvalue weighted by molar-refractivity contribution is 7.85. The number of alkyl halides is 2. The molecule has 1 aliphatic heterocycles. The van der Waals surface area contributed by atoms with Crippen LogP contribution in [0.4, 0.5) is 19.3 Å². The first kappa shape index (κ1) is 32.9. The number of carbonyl (C=O) groups excluding carboxylic acids is 2. The van der Waals surface area contributed by atoms with Crippen molar-refractivity contribution in [2.45, 2.75) is 77.5 Å². The molecule has 9 nitrogen and oxygen atoms in total. The van der Waals surface area contributed by atoms with Gasteiger partial charge in [0.1, 0.15) is 22.3 Å². The van der Waals surface area contributed by atoms with E-state index in [-0.39, 0.29) is 24.4 Å². The molecule has 5 rings (SSSR count). The quantitative estimate of drug-likeness (QED) is 0.277. The number of hydrogen-bond acceptors (Lipinski definition) is 7. The second-order valence-corrected chi connectivity index (χ2v) is 14.4. The molecule has 1 aliphatic carbocycles. The van der Waals surface area contributed by atoms with Crippen LogP contribution in [0.25, 0.3) is 10.9 Å². The van der Waals surface area contributed by atoms with Crippen molar-refractivity contribution in [2.24, 2.45) is 5.41 Å². The van der Waals surface area contributed by atoms with E-state index in [0.29, 0.717) is 42.9 Å². The number of anilines is 1. The molecule has 2 aliphatic rings. The first-order valence-electron chi connectivity index (χ1n) is 14.9. The largest absolute Gasteiger partial charge is 0.496 e. The van der Waals surface area contributed by atoms with Gasteiger partial charge in [-0.25, -0.2) is 22.6 Å². The molecule has 1 aromatic heterocycles. The Morgan fingerprint density at radius 1 is 1.13 bits per heavy atom. The number of rotatable bonds is 7. The number of halogens is 2. The second-order valence-electron chi connectivity index (χ2n) is 13.3. The maximum atomic E-state index is 14.3. The molecule has 12 heteroatoms. The lowest BCUT2D eigenvalue weighted by Crippen LogP contribution is -2.53. The zero-order valence-corrected chi connectivity index (χ0v) is 27.6. The van der Waals surface area contributed by atoms with Gasteiger partial charge in [0.25, 0.3) is 0 Å². The fourth-order valence-corrected chi connectivity index (χ4v) is 7.44. The van der Waals surface area contributed by atoms with Crippen molar-refractivity contribution >= 4 is 39.6 Å². The lowest BCUT2D eigenvalue weighted by Gasteiger charge is -2.55. The predicted octanol–water partition coefficient (Wildman–Crippen LogP) is 6.99. The number of ether oxygens (including phenoxy) is 3. The van der Waals surface area contributed by atoms with Crippen LogP contribution in [-0.2, 0) is 27.0 Å². The van der Waals surface area contributed by atoms with E-state index in [1.165, 1.54) is 17.9 Å². The third kappa shape index (κ3) is 6.72. The van der Waals surface area contributed by atoms with Gasteiger partial charge in [0.2, 0.25) is 5.92 Å². The van der Waals surface area contributed by atoms with Crippen molar-refractivity contribution in [2.75, 3.05) is 31.7 Å². The SMILES string of the molecule is COC(=O)c1ccc(C2CC3(CCN2Cc2c(OC)cc(C)c4c2ccn4C(=O)OC(C)(C)C)CC(F)(F)C3)c(NS(C)=O)c1. The van der Waals surface area contributed by atoms with Crippen LogP contribution in [0.2, 0.25) is 0 Å². The predicted molar refractivity (Wildman–Crippen MR) is 169 cm³/mol. The topological polar surface area (TPSA) is 99.1 Å². The van der Waals surface area contributed by atoms with Gasteiger partial charge >= 0.3 is 12.1 Å². The highest BCUT2D eigenvalue weighted by atomic mass is 32.2. The fourth-order valence-electron chi connectivity index (χ4n) is 6.95. The van der Waals surface area contributed by atoms with Crippen molar-refractivity contribution in [3.63, 3.8) is 0 Å². The number of fused-ring (bicyclic) bond motifs is 1. The van der Waals surface area contributed by atoms with Crippen LogP contribution >= 0.6 is 0 Å². The van der Waals surface area contributed by atoms with Crippen molar-refractivity contribution < 1.29 is 36.8 Å². The lowest BCUT2D eigenvalue weighted by molar-refractivity contribution is -0.186. The number of aromatic nitrogens is 1. The molecule has 2 heterocycles. The van der Waals surface area contributed by atoms with Crippen molar-refractivity contribution in [3.05, 3.63) is 58.8 Å². The van der Waals surface area contributed by atoms with Gasteiger partial charge in [-0.15, -0.1) is 0 Å². The summed E-state index contributed by atoms with van der Waals surface area (Å²) in [5, 5.41) is 0.820. The minimum Gasteiger partial charge on any atom is -0.496 e. The number of carbonyl (C=O) groups is 2. The van der Waals surface area contributed by atoms with Gasteiger partial charge in [-0.3, -0.25) is 9.47 Å².